The van der Waals surface area contributed by atoms with E-state index in [9.17, 15) is 0 Å². The molecule has 0 aromatic rings. The Morgan fingerprint density at radius 3 is 1.88 bits per heavy atom. The highest BCUT2D eigenvalue weighted by Gasteiger charge is 2.54. The van der Waals surface area contributed by atoms with Gasteiger partial charge in [-0.05, 0) is 67.1 Å². The van der Waals surface area contributed by atoms with Gasteiger partial charge in [0.1, 0.15) is 0 Å². The third kappa shape index (κ3) is 3.40. The summed E-state index contributed by atoms with van der Waals surface area (Å²) in [6.07, 6.45) is 9.10. The zero-order valence-electron chi connectivity index (χ0n) is 17.9. The summed E-state index contributed by atoms with van der Waals surface area (Å²) in [4.78, 5) is 0. The number of allylic oxidation sites excluding steroid dienone is 4. The summed E-state index contributed by atoms with van der Waals surface area (Å²) >= 11 is 0. The van der Waals surface area contributed by atoms with E-state index in [0.717, 1.165) is 11.8 Å². The second-order valence-corrected chi connectivity index (χ2v) is 9.62. The molecule has 0 aromatic heterocycles. The maximum atomic E-state index is 2.61. The van der Waals surface area contributed by atoms with Crippen LogP contribution in [0.2, 0.25) is 0 Å². The Bertz CT molecular complexity index is 522. The lowest BCUT2D eigenvalue weighted by Gasteiger charge is -2.34. The smallest absolute Gasteiger partial charge is 0.00821 e. The Kier molecular flexibility index (Phi) is 5.78. The summed E-state index contributed by atoms with van der Waals surface area (Å²) in [7, 11) is 0. The van der Waals surface area contributed by atoms with Crippen molar-refractivity contribution >= 4 is 0 Å². The fourth-order valence-electron chi connectivity index (χ4n) is 5.28. The van der Waals surface area contributed by atoms with Crippen LogP contribution in [0.25, 0.3) is 0 Å². The van der Waals surface area contributed by atoms with E-state index in [0.29, 0.717) is 22.7 Å². The van der Waals surface area contributed by atoms with Gasteiger partial charge in [-0.15, -0.1) is 0 Å². The van der Waals surface area contributed by atoms with Crippen molar-refractivity contribution in [1.82, 2.24) is 0 Å². The minimum Gasteiger partial charge on any atom is -0.0845 e. The highest BCUT2D eigenvalue weighted by atomic mass is 14.6. The number of unbranched alkanes of at least 4 members (excludes halogenated alkanes) is 1. The zero-order valence-corrected chi connectivity index (χ0v) is 17.9. The first-order valence-corrected chi connectivity index (χ1v) is 10.5. The molecule has 0 spiro atoms. The summed E-state index contributed by atoms with van der Waals surface area (Å²) in [5.74, 6) is 3.08. The van der Waals surface area contributed by atoms with E-state index in [4.69, 9.17) is 0 Å². The molecule has 6 unspecified atom stereocenters. The third-order valence-corrected chi connectivity index (χ3v) is 7.93. The van der Waals surface area contributed by atoms with E-state index in [-0.39, 0.29) is 0 Å². The maximum Gasteiger partial charge on any atom is -0.00821 e. The highest BCUT2D eigenvalue weighted by molar-refractivity contribution is 5.34. The maximum absolute atomic E-state index is 2.61. The van der Waals surface area contributed by atoms with Gasteiger partial charge in [0.2, 0.25) is 0 Å². The van der Waals surface area contributed by atoms with Crippen LogP contribution in [0.4, 0.5) is 0 Å². The summed E-state index contributed by atoms with van der Waals surface area (Å²) in [5, 5.41) is 0. The molecule has 24 heavy (non-hydrogen) atoms. The molecule has 0 heteroatoms. The van der Waals surface area contributed by atoms with Crippen molar-refractivity contribution in [3.05, 3.63) is 22.8 Å². The molecule has 0 bridgehead atoms. The molecule has 0 aliphatic heterocycles. The Morgan fingerprint density at radius 2 is 1.50 bits per heavy atom. The Morgan fingerprint density at radius 1 is 1.00 bits per heavy atom. The van der Waals surface area contributed by atoms with Crippen LogP contribution in [-0.2, 0) is 0 Å². The fraction of sp³-hybridized carbons (Fsp3) is 0.833. The second-order valence-electron chi connectivity index (χ2n) is 9.62. The van der Waals surface area contributed by atoms with Gasteiger partial charge in [-0.25, -0.2) is 0 Å². The standard InChI is InChI=1S/C24H42/c1-10-12-13-21(23(8)14-17(23)4)19(6)20(7)22(16(3)11-2)24(9)15-18(24)5/h13,17-20H,10-12,14-15H2,1-9H3. The van der Waals surface area contributed by atoms with Crippen molar-refractivity contribution in [2.75, 3.05) is 0 Å². The molecule has 0 amide bonds. The van der Waals surface area contributed by atoms with E-state index in [2.05, 4.69) is 68.4 Å². The fourth-order valence-corrected chi connectivity index (χ4v) is 5.28. The highest BCUT2D eigenvalue weighted by Crippen LogP contribution is 2.64. The monoisotopic (exact) mass is 330 g/mol. The van der Waals surface area contributed by atoms with Gasteiger partial charge < -0.3 is 0 Å². The third-order valence-electron chi connectivity index (χ3n) is 7.93. The van der Waals surface area contributed by atoms with Gasteiger partial charge in [0.25, 0.3) is 0 Å². The van der Waals surface area contributed by atoms with Crippen LogP contribution < -0.4 is 0 Å². The average Bonchev–Trinajstić information content (AvgIpc) is 3.35. The topological polar surface area (TPSA) is 0 Å². The predicted molar refractivity (Wildman–Crippen MR) is 108 cm³/mol. The molecule has 0 radical (unpaired) electrons. The number of hydrogen-bond donors (Lipinski definition) is 0. The van der Waals surface area contributed by atoms with E-state index >= 15 is 0 Å². The van der Waals surface area contributed by atoms with Crippen molar-refractivity contribution in [2.45, 2.75) is 94.4 Å². The Balaban J connectivity index is 2.33. The van der Waals surface area contributed by atoms with E-state index in [1.54, 1.807) is 16.7 Å². The summed E-state index contributed by atoms with van der Waals surface area (Å²) < 4.78 is 0. The first-order chi connectivity index (χ1) is 11.1. The first-order valence-electron chi connectivity index (χ1n) is 10.5. The lowest BCUT2D eigenvalue weighted by atomic mass is 9.71. The molecule has 2 fully saturated rings. The van der Waals surface area contributed by atoms with Crippen LogP contribution in [0.5, 0.6) is 0 Å². The lowest BCUT2D eigenvalue weighted by molar-refractivity contribution is 0.385. The molecule has 2 aliphatic rings. The molecular weight excluding hydrogens is 288 g/mol. The van der Waals surface area contributed by atoms with E-state index < -0.39 is 0 Å². The molecule has 0 aromatic carbocycles. The van der Waals surface area contributed by atoms with Crippen molar-refractivity contribution in [1.29, 1.82) is 0 Å². The van der Waals surface area contributed by atoms with Crippen LogP contribution >= 0.6 is 0 Å². The minimum absolute atomic E-state index is 0.472. The molecular formula is C24H42. The van der Waals surface area contributed by atoms with Gasteiger partial charge in [0.05, 0.1) is 0 Å². The normalized spacial score (nSPS) is 39.3. The van der Waals surface area contributed by atoms with Crippen LogP contribution in [0.15, 0.2) is 22.8 Å². The minimum atomic E-state index is 0.472. The summed E-state index contributed by atoms with van der Waals surface area (Å²) in [6.45, 7) is 22.0. The SMILES string of the molecule is CCCC=C(C(C)C(C)C(=C(C)CC)C1(C)CC1C)C1(C)CC1C. The van der Waals surface area contributed by atoms with Crippen LogP contribution in [-0.4, -0.2) is 0 Å². The van der Waals surface area contributed by atoms with Crippen LogP contribution in [0.1, 0.15) is 94.4 Å². The molecule has 2 rings (SSSR count). The van der Waals surface area contributed by atoms with Crippen LogP contribution in [0, 0.1) is 34.5 Å². The molecule has 6 atom stereocenters. The molecule has 138 valence electrons. The van der Waals surface area contributed by atoms with Gasteiger partial charge in [-0.2, -0.15) is 0 Å². The number of rotatable bonds is 8. The van der Waals surface area contributed by atoms with E-state index in [1.165, 1.54) is 32.1 Å². The molecule has 0 nitrogen and oxygen atoms in total. The van der Waals surface area contributed by atoms with Gasteiger partial charge in [-0.3, -0.25) is 0 Å². The summed E-state index contributed by atoms with van der Waals surface area (Å²) in [6, 6.07) is 0. The van der Waals surface area contributed by atoms with Crippen molar-refractivity contribution in [3.8, 4) is 0 Å². The first kappa shape index (κ1) is 19.8. The molecule has 0 heterocycles. The van der Waals surface area contributed by atoms with Crippen molar-refractivity contribution in [3.63, 3.8) is 0 Å². The summed E-state index contributed by atoms with van der Waals surface area (Å²) in [5.41, 5.74) is 6.17. The zero-order chi connectivity index (χ0) is 18.3. The molecule has 2 saturated carbocycles. The molecule has 0 saturated heterocycles. The van der Waals surface area contributed by atoms with Crippen LogP contribution in [0.3, 0.4) is 0 Å². The Labute approximate surface area is 152 Å². The predicted octanol–water partition coefficient (Wildman–Crippen LogP) is 7.80. The van der Waals surface area contributed by atoms with Gasteiger partial charge in [-0.1, -0.05) is 84.6 Å². The lowest BCUT2D eigenvalue weighted by Crippen LogP contribution is -2.24. The largest absolute Gasteiger partial charge is 0.0845 e. The Hall–Kier alpha value is -0.520. The molecule has 0 N–H and O–H groups in total. The van der Waals surface area contributed by atoms with Crippen molar-refractivity contribution < 1.29 is 0 Å². The van der Waals surface area contributed by atoms with Gasteiger partial charge in [0.15, 0.2) is 0 Å². The number of hydrogen-bond acceptors (Lipinski definition) is 0. The second kappa shape index (κ2) is 7.00. The molecule has 2 aliphatic carbocycles. The van der Waals surface area contributed by atoms with Crippen molar-refractivity contribution in [2.24, 2.45) is 34.5 Å². The average molecular weight is 331 g/mol. The van der Waals surface area contributed by atoms with E-state index in [1.807, 2.05) is 0 Å². The van der Waals surface area contributed by atoms with Gasteiger partial charge >= 0.3 is 0 Å². The quantitative estimate of drug-likeness (QED) is 0.398. The van der Waals surface area contributed by atoms with Gasteiger partial charge in [0, 0.05) is 0 Å².